The van der Waals surface area contributed by atoms with Crippen molar-refractivity contribution in [1.82, 2.24) is 39.5 Å². The Labute approximate surface area is 206 Å². The zero-order chi connectivity index (χ0) is 23.4. The second-order valence-electron chi connectivity index (χ2n) is 10.3. The monoisotopic (exact) mass is 480 g/mol. The predicted molar refractivity (Wildman–Crippen MR) is 137 cm³/mol. The lowest BCUT2D eigenvalue weighted by molar-refractivity contribution is 0.137. The molecule has 0 atom stereocenters. The van der Waals surface area contributed by atoms with Gasteiger partial charge in [0.25, 0.3) is 0 Å². The highest BCUT2D eigenvalue weighted by Gasteiger charge is 2.42. The van der Waals surface area contributed by atoms with E-state index in [4.69, 9.17) is 4.98 Å². The number of nitrogens with zero attached hydrogens (tertiary/aromatic N) is 7. The molecule has 5 aromatic rings. The zero-order valence-corrected chi connectivity index (χ0v) is 20.9. The number of H-pyrrole nitrogens is 1. The van der Waals surface area contributed by atoms with E-state index in [2.05, 4.69) is 73.0 Å². The van der Waals surface area contributed by atoms with E-state index in [1.807, 2.05) is 17.1 Å². The Morgan fingerprint density at radius 3 is 2.86 bits per heavy atom. The summed E-state index contributed by atoms with van der Waals surface area (Å²) in [6, 6.07) is 8.72. The van der Waals surface area contributed by atoms with Crippen LogP contribution in [-0.2, 0) is 13.1 Å². The maximum atomic E-state index is 4.82. The summed E-state index contributed by atoms with van der Waals surface area (Å²) < 4.78 is 4.02. The average Bonchev–Trinajstić information content (AvgIpc) is 3.63. The van der Waals surface area contributed by atoms with Gasteiger partial charge >= 0.3 is 0 Å². The fourth-order valence-corrected chi connectivity index (χ4v) is 6.42. The van der Waals surface area contributed by atoms with E-state index in [1.54, 1.807) is 0 Å². The number of hydrogen-bond acceptors (Lipinski definition) is 5. The second-order valence-corrected chi connectivity index (χ2v) is 11.3. The number of imidazole rings is 1. The van der Waals surface area contributed by atoms with Crippen molar-refractivity contribution in [1.29, 1.82) is 0 Å². The van der Waals surface area contributed by atoms with E-state index in [9.17, 15) is 0 Å². The quantitative estimate of drug-likeness (QED) is 0.377. The van der Waals surface area contributed by atoms with Crippen molar-refractivity contribution in [2.24, 2.45) is 5.41 Å². The average molecular weight is 481 g/mol. The third kappa shape index (κ3) is 3.79. The van der Waals surface area contributed by atoms with Crippen LogP contribution in [0.4, 0.5) is 0 Å². The van der Waals surface area contributed by atoms with Crippen molar-refractivity contribution in [3.05, 3.63) is 60.3 Å². The van der Waals surface area contributed by atoms with E-state index in [-0.39, 0.29) is 0 Å². The number of hydrogen-bond donors (Lipinski definition) is 1. The van der Waals surface area contributed by atoms with Gasteiger partial charge in [-0.25, -0.2) is 9.67 Å². The van der Waals surface area contributed by atoms with Gasteiger partial charge in [-0.1, -0.05) is 35.5 Å². The van der Waals surface area contributed by atoms with Crippen LogP contribution in [0.5, 0.6) is 0 Å². The molecule has 1 aliphatic heterocycles. The fraction of sp³-hybridized carbons (Fsp3) is 0.385. The van der Waals surface area contributed by atoms with Crippen LogP contribution in [0, 0.1) is 5.41 Å². The van der Waals surface area contributed by atoms with Crippen molar-refractivity contribution < 1.29 is 0 Å². The highest BCUT2D eigenvalue weighted by molar-refractivity contribution is 6.52. The molecule has 0 bridgehead atoms. The van der Waals surface area contributed by atoms with Gasteiger partial charge in [0.15, 0.2) is 0 Å². The van der Waals surface area contributed by atoms with E-state index < -0.39 is 0 Å². The Kier molecular flexibility index (Phi) is 4.88. The molecule has 1 aromatic carbocycles. The summed E-state index contributed by atoms with van der Waals surface area (Å²) in [4.78, 5) is 7.45. The van der Waals surface area contributed by atoms with Gasteiger partial charge in [-0.2, -0.15) is 5.10 Å². The standard InChI is InChI=1S/C26H28N8Si/c1-35-20-9-21(22-11-27-29-23(22)10-20)24-16-34(31-30-24)15-19-14-33-13-18(3-4-25(33)28-19)12-32-8-7-26(17-32)5-2-6-26/h3-4,9-11,13-14,16H,2,5-8,12,15,17H2,1H3,(H,27,29). The summed E-state index contributed by atoms with van der Waals surface area (Å²) in [5.41, 5.74) is 6.90. The molecule has 1 spiro atoms. The first-order chi connectivity index (χ1) is 17.2. The van der Waals surface area contributed by atoms with Gasteiger partial charge in [0, 0.05) is 36.4 Å². The molecule has 2 radical (unpaired) electrons. The summed E-state index contributed by atoms with van der Waals surface area (Å²) in [6.07, 6.45) is 13.9. The number of nitrogens with one attached hydrogen (secondary N) is 1. The van der Waals surface area contributed by atoms with Crippen molar-refractivity contribution in [2.45, 2.75) is 45.3 Å². The highest BCUT2D eigenvalue weighted by atomic mass is 28.2. The zero-order valence-electron chi connectivity index (χ0n) is 19.9. The molecule has 2 fully saturated rings. The number of aromatic nitrogens is 7. The number of rotatable bonds is 6. The molecule has 35 heavy (non-hydrogen) atoms. The number of aromatic amines is 1. The largest absolute Gasteiger partial charge is 0.306 e. The Morgan fingerprint density at radius 2 is 2.03 bits per heavy atom. The number of benzene rings is 1. The van der Waals surface area contributed by atoms with Gasteiger partial charge in [0.05, 0.1) is 39.7 Å². The van der Waals surface area contributed by atoms with Crippen molar-refractivity contribution in [3.8, 4) is 11.3 Å². The lowest BCUT2D eigenvalue weighted by Crippen LogP contribution is -2.32. The Balaban J connectivity index is 1.10. The third-order valence-corrected chi connectivity index (χ3v) is 8.75. The molecule has 1 N–H and O–H groups in total. The number of likely N-dealkylation sites (tertiary alicyclic amines) is 1. The Morgan fingerprint density at radius 1 is 1.09 bits per heavy atom. The molecule has 1 saturated heterocycles. The van der Waals surface area contributed by atoms with Crippen molar-refractivity contribution >= 4 is 31.3 Å². The van der Waals surface area contributed by atoms with Crippen molar-refractivity contribution in [2.75, 3.05) is 13.1 Å². The molecule has 0 unspecified atom stereocenters. The summed E-state index contributed by atoms with van der Waals surface area (Å²) in [5.74, 6) is 0. The normalized spacial score (nSPS) is 17.6. The number of fused-ring (bicyclic) bond motifs is 2. The summed E-state index contributed by atoms with van der Waals surface area (Å²) in [7, 11) is 0.707. The molecule has 1 aliphatic carbocycles. The summed E-state index contributed by atoms with van der Waals surface area (Å²) in [5, 5.41) is 18.5. The van der Waals surface area contributed by atoms with Gasteiger partial charge in [0.1, 0.15) is 11.3 Å². The Bertz CT molecular complexity index is 1520. The molecule has 2 aliphatic rings. The molecule has 7 rings (SSSR count). The minimum absolute atomic E-state index is 0.586. The van der Waals surface area contributed by atoms with Crippen LogP contribution in [0.2, 0.25) is 6.55 Å². The topological polar surface area (TPSA) is 79.9 Å². The van der Waals surface area contributed by atoms with E-state index in [1.165, 1.54) is 49.5 Å². The molecule has 1 saturated carbocycles. The van der Waals surface area contributed by atoms with Crippen LogP contribution in [0.15, 0.2) is 49.1 Å². The summed E-state index contributed by atoms with van der Waals surface area (Å²) >= 11 is 0. The second kappa shape index (κ2) is 8.13. The van der Waals surface area contributed by atoms with Crippen LogP contribution >= 0.6 is 0 Å². The van der Waals surface area contributed by atoms with Crippen LogP contribution < -0.4 is 5.19 Å². The van der Waals surface area contributed by atoms with Crippen LogP contribution in [0.25, 0.3) is 27.8 Å². The maximum Gasteiger partial charge on any atom is 0.137 e. The molecule has 5 heterocycles. The fourth-order valence-electron chi connectivity index (χ4n) is 5.84. The minimum Gasteiger partial charge on any atom is -0.306 e. The highest BCUT2D eigenvalue weighted by Crippen LogP contribution is 2.48. The Hall–Kier alpha value is -3.30. The van der Waals surface area contributed by atoms with Gasteiger partial charge < -0.3 is 4.40 Å². The predicted octanol–water partition coefficient (Wildman–Crippen LogP) is 3.27. The lowest BCUT2D eigenvalue weighted by Gasteiger charge is -2.38. The van der Waals surface area contributed by atoms with Crippen LogP contribution in [0.3, 0.4) is 0 Å². The van der Waals surface area contributed by atoms with Gasteiger partial charge in [-0.15, -0.1) is 5.10 Å². The molecule has 176 valence electrons. The van der Waals surface area contributed by atoms with Crippen LogP contribution in [-0.4, -0.2) is 62.1 Å². The minimum atomic E-state index is 0.586. The van der Waals surface area contributed by atoms with Gasteiger partial charge in [-0.3, -0.25) is 10.00 Å². The summed E-state index contributed by atoms with van der Waals surface area (Å²) in [6.45, 7) is 6.29. The van der Waals surface area contributed by atoms with Crippen LogP contribution in [0.1, 0.15) is 36.9 Å². The first-order valence-corrected chi connectivity index (χ1v) is 13.9. The molecule has 4 aromatic heterocycles. The van der Waals surface area contributed by atoms with E-state index >= 15 is 0 Å². The smallest absolute Gasteiger partial charge is 0.137 e. The first-order valence-electron chi connectivity index (χ1n) is 12.4. The van der Waals surface area contributed by atoms with Gasteiger partial charge in [0.2, 0.25) is 0 Å². The van der Waals surface area contributed by atoms with Crippen molar-refractivity contribution in [3.63, 3.8) is 0 Å². The van der Waals surface area contributed by atoms with E-state index in [0.29, 0.717) is 21.5 Å². The number of pyridine rings is 1. The maximum absolute atomic E-state index is 4.82. The third-order valence-electron chi connectivity index (χ3n) is 7.89. The first kappa shape index (κ1) is 21.0. The molecule has 9 heteroatoms. The molecular weight excluding hydrogens is 452 g/mol. The molecule has 0 amide bonds. The lowest BCUT2D eigenvalue weighted by atomic mass is 9.68. The molecule has 8 nitrogen and oxygen atoms in total. The molecular formula is C26H28N8Si. The SMILES string of the molecule is C[Si]c1cc(-c2cn(Cc3cn4cc(CN5CCC6(CCC6)C5)ccc4n3)nn2)c2cn[nH]c2c1. The van der Waals surface area contributed by atoms with Gasteiger partial charge in [-0.05, 0) is 48.9 Å². The van der Waals surface area contributed by atoms with E-state index in [0.717, 1.165) is 40.0 Å².